The molecule has 4 heteroatoms. The van der Waals surface area contributed by atoms with Gasteiger partial charge in [0.15, 0.2) is 0 Å². The van der Waals surface area contributed by atoms with Crippen LogP contribution in [0.3, 0.4) is 0 Å². The van der Waals surface area contributed by atoms with E-state index >= 15 is 0 Å². The number of hydrogen-bond donors (Lipinski definition) is 1. The van der Waals surface area contributed by atoms with Crippen molar-refractivity contribution in [3.63, 3.8) is 0 Å². The van der Waals surface area contributed by atoms with Gasteiger partial charge in [-0.2, -0.15) is 0 Å². The van der Waals surface area contributed by atoms with Gasteiger partial charge in [0, 0.05) is 7.11 Å². The monoisotopic (exact) mass is 273 g/mol. The zero-order valence-corrected chi connectivity index (χ0v) is 11.7. The molecule has 4 nitrogen and oxygen atoms in total. The van der Waals surface area contributed by atoms with E-state index in [1.165, 1.54) is 5.56 Å². The maximum atomic E-state index is 9.39. The fourth-order valence-corrected chi connectivity index (χ4v) is 1.78. The van der Waals surface area contributed by atoms with Crippen LogP contribution in [0.1, 0.15) is 24.3 Å². The largest absolute Gasteiger partial charge is 0.456 e. The fraction of sp³-hybridized carbons (Fsp3) is 0.312. The number of hydrogen-bond acceptors (Lipinski definition) is 4. The molecule has 1 aromatic heterocycles. The number of ether oxygens (including phenoxy) is 2. The molecular formula is C16H19NO3. The van der Waals surface area contributed by atoms with Crippen molar-refractivity contribution < 1.29 is 14.6 Å². The Morgan fingerprint density at radius 3 is 2.35 bits per heavy atom. The van der Waals surface area contributed by atoms with Crippen LogP contribution in [-0.2, 0) is 11.2 Å². The zero-order chi connectivity index (χ0) is 14.4. The normalized spacial score (nSPS) is 12.2. The van der Waals surface area contributed by atoms with Gasteiger partial charge in [-0.05, 0) is 43.2 Å². The summed E-state index contributed by atoms with van der Waals surface area (Å²) in [5.74, 6) is 1.41. The fourth-order valence-electron chi connectivity index (χ4n) is 1.78. The molecule has 0 aliphatic heterocycles. The van der Waals surface area contributed by atoms with Crippen LogP contribution in [0.25, 0.3) is 0 Å². The molecule has 1 N–H and O–H groups in total. The number of benzene rings is 1. The summed E-state index contributed by atoms with van der Waals surface area (Å²) >= 11 is 0. The summed E-state index contributed by atoms with van der Waals surface area (Å²) in [5, 5.41) is 9.39. The van der Waals surface area contributed by atoms with E-state index in [1.807, 2.05) is 24.3 Å². The minimum atomic E-state index is -0.566. The van der Waals surface area contributed by atoms with Gasteiger partial charge < -0.3 is 14.6 Å². The smallest absolute Gasteiger partial charge is 0.145 e. The Bertz CT molecular complexity index is 520. The molecule has 0 spiro atoms. The second-order valence-corrected chi connectivity index (χ2v) is 4.58. The van der Waals surface area contributed by atoms with Crippen LogP contribution in [0.15, 0.2) is 42.6 Å². The molecule has 0 bridgehead atoms. The highest BCUT2D eigenvalue weighted by atomic mass is 16.5. The van der Waals surface area contributed by atoms with E-state index in [0.29, 0.717) is 18.1 Å². The number of nitrogens with zero attached hydrogens (tertiary/aromatic N) is 1. The van der Waals surface area contributed by atoms with Gasteiger partial charge in [0.25, 0.3) is 0 Å². The van der Waals surface area contributed by atoms with Crippen LogP contribution in [0, 0.1) is 0 Å². The van der Waals surface area contributed by atoms with Gasteiger partial charge in [-0.15, -0.1) is 0 Å². The van der Waals surface area contributed by atoms with Crippen molar-refractivity contribution in [2.24, 2.45) is 0 Å². The highest BCUT2D eigenvalue weighted by Gasteiger charge is 2.03. The Hall–Kier alpha value is -1.91. The maximum Gasteiger partial charge on any atom is 0.145 e. The molecule has 0 fully saturated rings. The Morgan fingerprint density at radius 2 is 1.80 bits per heavy atom. The van der Waals surface area contributed by atoms with Crippen molar-refractivity contribution in [2.75, 3.05) is 13.7 Å². The Labute approximate surface area is 119 Å². The molecule has 106 valence electrons. The van der Waals surface area contributed by atoms with Crippen LogP contribution < -0.4 is 4.74 Å². The molecule has 0 radical (unpaired) electrons. The lowest BCUT2D eigenvalue weighted by Crippen LogP contribution is -1.96. The quantitative estimate of drug-likeness (QED) is 0.878. The Kier molecular flexibility index (Phi) is 5.09. The van der Waals surface area contributed by atoms with Gasteiger partial charge >= 0.3 is 0 Å². The average Bonchev–Trinajstić information content (AvgIpc) is 2.47. The molecule has 1 aromatic carbocycles. The molecule has 0 saturated heterocycles. The molecule has 0 aliphatic rings. The van der Waals surface area contributed by atoms with E-state index in [2.05, 4.69) is 4.98 Å². The third-order valence-corrected chi connectivity index (χ3v) is 2.94. The van der Waals surface area contributed by atoms with E-state index < -0.39 is 6.10 Å². The second-order valence-electron chi connectivity index (χ2n) is 4.58. The van der Waals surface area contributed by atoms with Gasteiger partial charge in [-0.25, -0.2) is 0 Å². The van der Waals surface area contributed by atoms with Crippen LogP contribution in [-0.4, -0.2) is 23.8 Å². The van der Waals surface area contributed by atoms with Crippen LogP contribution in [0.2, 0.25) is 0 Å². The summed E-state index contributed by atoms with van der Waals surface area (Å²) in [7, 11) is 1.70. The minimum absolute atomic E-state index is 0.566. The van der Waals surface area contributed by atoms with E-state index in [4.69, 9.17) is 9.47 Å². The molecule has 1 atom stereocenters. The predicted molar refractivity (Wildman–Crippen MR) is 77.0 cm³/mol. The number of aliphatic hydroxyl groups is 1. The Morgan fingerprint density at radius 1 is 1.10 bits per heavy atom. The van der Waals surface area contributed by atoms with Crippen molar-refractivity contribution in [3.05, 3.63) is 53.9 Å². The molecule has 2 aromatic rings. The molecular weight excluding hydrogens is 254 g/mol. The van der Waals surface area contributed by atoms with Gasteiger partial charge in [0.1, 0.15) is 11.5 Å². The topological polar surface area (TPSA) is 51.6 Å². The van der Waals surface area contributed by atoms with Crippen molar-refractivity contribution in [3.8, 4) is 11.5 Å². The molecule has 0 amide bonds. The van der Waals surface area contributed by atoms with Gasteiger partial charge in [0.05, 0.1) is 24.6 Å². The van der Waals surface area contributed by atoms with E-state index in [1.54, 1.807) is 32.4 Å². The van der Waals surface area contributed by atoms with Crippen molar-refractivity contribution in [1.82, 2.24) is 4.98 Å². The average molecular weight is 273 g/mol. The highest BCUT2D eigenvalue weighted by molar-refractivity contribution is 5.32. The lowest BCUT2D eigenvalue weighted by molar-refractivity contribution is 0.194. The van der Waals surface area contributed by atoms with Gasteiger partial charge in [0.2, 0.25) is 0 Å². The first-order chi connectivity index (χ1) is 9.69. The lowest BCUT2D eigenvalue weighted by Gasteiger charge is -2.08. The molecule has 0 saturated carbocycles. The van der Waals surface area contributed by atoms with Crippen molar-refractivity contribution in [2.45, 2.75) is 19.4 Å². The summed E-state index contributed by atoms with van der Waals surface area (Å²) < 4.78 is 10.7. The first-order valence-corrected chi connectivity index (χ1v) is 6.59. The van der Waals surface area contributed by atoms with E-state index in [0.717, 1.165) is 12.2 Å². The predicted octanol–water partition coefficient (Wildman–Crippen LogP) is 3.12. The summed E-state index contributed by atoms with van der Waals surface area (Å²) in [6, 6.07) is 11.4. The second kappa shape index (κ2) is 7.03. The summed E-state index contributed by atoms with van der Waals surface area (Å²) in [5.41, 5.74) is 1.84. The van der Waals surface area contributed by atoms with Gasteiger partial charge in [-0.3, -0.25) is 4.98 Å². The minimum Gasteiger partial charge on any atom is -0.456 e. The number of aliphatic hydroxyl groups excluding tert-OH is 1. The van der Waals surface area contributed by atoms with E-state index in [9.17, 15) is 5.11 Å². The van der Waals surface area contributed by atoms with E-state index in [-0.39, 0.29) is 0 Å². The molecule has 1 unspecified atom stereocenters. The number of rotatable bonds is 6. The third kappa shape index (κ3) is 4.05. The third-order valence-electron chi connectivity index (χ3n) is 2.94. The molecule has 1 heterocycles. The maximum absolute atomic E-state index is 9.39. The van der Waals surface area contributed by atoms with Crippen LogP contribution in [0.5, 0.6) is 11.5 Å². The molecule has 0 aliphatic carbocycles. The number of aromatic nitrogens is 1. The molecule has 2 rings (SSSR count). The number of pyridine rings is 1. The lowest BCUT2D eigenvalue weighted by atomic mass is 10.1. The standard InChI is InChI=1S/C16H19NO3/c1-12(18)16-8-7-15(11-17-16)20-14-5-3-13(4-6-14)9-10-19-2/h3-8,11-12,18H,9-10H2,1-2H3. The van der Waals surface area contributed by atoms with Crippen molar-refractivity contribution >= 4 is 0 Å². The SMILES string of the molecule is COCCc1ccc(Oc2ccc(C(C)O)nc2)cc1. The zero-order valence-electron chi connectivity index (χ0n) is 11.7. The summed E-state index contributed by atoms with van der Waals surface area (Å²) in [6.07, 6.45) is 1.94. The van der Waals surface area contributed by atoms with Crippen molar-refractivity contribution in [1.29, 1.82) is 0 Å². The van der Waals surface area contributed by atoms with Crippen LogP contribution >= 0.6 is 0 Å². The molecule has 20 heavy (non-hydrogen) atoms. The first-order valence-electron chi connectivity index (χ1n) is 6.59. The van der Waals surface area contributed by atoms with Gasteiger partial charge in [-0.1, -0.05) is 12.1 Å². The highest BCUT2D eigenvalue weighted by Crippen LogP contribution is 2.22. The first kappa shape index (κ1) is 14.5. The number of methoxy groups -OCH3 is 1. The Balaban J connectivity index is 1.98. The summed E-state index contributed by atoms with van der Waals surface area (Å²) in [6.45, 7) is 2.40. The summed E-state index contributed by atoms with van der Waals surface area (Å²) in [4.78, 5) is 4.14. The van der Waals surface area contributed by atoms with Crippen LogP contribution in [0.4, 0.5) is 0 Å².